The third kappa shape index (κ3) is 6.91. The maximum Gasteiger partial charge on any atom is 0.248 e. The number of pyridine rings is 1. The van der Waals surface area contributed by atoms with Crippen molar-refractivity contribution in [3.63, 3.8) is 0 Å². The Morgan fingerprint density at radius 1 is 0.973 bits per heavy atom. The minimum atomic E-state index is -0.253. The van der Waals surface area contributed by atoms with Crippen molar-refractivity contribution in [3.8, 4) is 22.8 Å². The number of aromatic nitrogens is 3. The fourth-order valence-electron chi connectivity index (χ4n) is 3.58. The zero-order valence-electron chi connectivity index (χ0n) is 21.1. The zero-order valence-corrected chi connectivity index (χ0v) is 21.1. The van der Waals surface area contributed by atoms with E-state index in [1.165, 1.54) is 6.08 Å². The van der Waals surface area contributed by atoms with Gasteiger partial charge in [-0.15, -0.1) is 0 Å². The highest BCUT2D eigenvalue weighted by Gasteiger charge is 2.08. The molecule has 0 aliphatic heterocycles. The van der Waals surface area contributed by atoms with Crippen molar-refractivity contribution in [3.05, 3.63) is 90.4 Å². The van der Waals surface area contributed by atoms with Crippen molar-refractivity contribution in [2.45, 2.75) is 20.8 Å². The van der Waals surface area contributed by atoms with Crippen LogP contribution in [0.3, 0.4) is 0 Å². The predicted octanol–water partition coefficient (Wildman–Crippen LogP) is 6.04. The van der Waals surface area contributed by atoms with E-state index in [9.17, 15) is 4.79 Å². The van der Waals surface area contributed by atoms with Gasteiger partial charge in [-0.1, -0.05) is 12.1 Å². The summed E-state index contributed by atoms with van der Waals surface area (Å²) in [6.07, 6.45) is 8.39. The van der Waals surface area contributed by atoms with Crippen LogP contribution in [0.5, 0.6) is 11.5 Å². The minimum Gasteiger partial charge on any atom is -0.490 e. The molecule has 2 N–H and O–H groups in total. The molecule has 4 rings (SSSR count). The molecule has 0 fully saturated rings. The van der Waals surface area contributed by atoms with Gasteiger partial charge in [0, 0.05) is 41.6 Å². The minimum absolute atomic E-state index is 0.253. The lowest BCUT2D eigenvalue weighted by Crippen LogP contribution is -2.08. The molecular formula is C29H29N5O3. The van der Waals surface area contributed by atoms with Gasteiger partial charge in [0.2, 0.25) is 11.9 Å². The summed E-state index contributed by atoms with van der Waals surface area (Å²) in [5, 5.41) is 6.15. The van der Waals surface area contributed by atoms with E-state index in [2.05, 4.69) is 25.6 Å². The molecule has 2 aromatic heterocycles. The maximum absolute atomic E-state index is 12.6. The van der Waals surface area contributed by atoms with Gasteiger partial charge in [0.05, 0.1) is 18.9 Å². The number of hydrogen-bond donors (Lipinski definition) is 2. The molecule has 8 heteroatoms. The number of benzene rings is 2. The largest absolute Gasteiger partial charge is 0.490 e. The summed E-state index contributed by atoms with van der Waals surface area (Å²) in [7, 11) is 0. The van der Waals surface area contributed by atoms with Gasteiger partial charge in [0.15, 0.2) is 11.5 Å². The molecule has 37 heavy (non-hydrogen) atoms. The van der Waals surface area contributed by atoms with E-state index in [1.807, 2.05) is 75.4 Å². The first-order valence-electron chi connectivity index (χ1n) is 12.1. The molecular weight excluding hydrogens is 466 g/mol. The van der Waals surface area contributed by atoms with E-state index < -0.39 is 0 Å². The number of amides is 1. The monoisotopic (exact) mass is 495 g/mol. The fraction of sp³-hybridized carbons (Fsp3) is 0.172. The number of hydrogen-bond acceptors (Lipinski definition) is 7. The molecule has 8 nitrogen and oxygen atoms in total. The van der Waals surface area contributed by atoms with E-state index in [-0.39, 0.29) is 5.91 Å². The van der Waals surface area contributed by atoms with Crippen LogP contribution >= 0.6 is 0 Å². The lowest BCUT2D eigenvalue weighted by atomic mass is 10.1. The van der Waals surface area contributed by atoms with E-state index >= 15 is 0 Å². The maximum atomic E-state index is 12.6. The molecule has 0 aliphatic rings. The Balaban J connectivity index is 1.45. The van der Waals surface area contributed by atoms with Crippen molar-refractivity contribution >= 4 is 29.3 Å². The Hall–Kier alpha value is -4.72. The quantitative estimate of drug-likeness (QED) is 0.259. The van der Waals surface area contributed by atoms with Crippen LogP contribution in [-0.2, 0) is 4.79 Å². The molecule has 1 amide bonds. The van der Waals surface area contributed by atoms with Gasteiger partial charge in [-0.05, 0) is 80.4 Å². The lowest BCUT2D eigenvalue weighted by Gasteiger charge is -2.12. The second kappa shape index (κ2) is 12.3. The average molecular weight is 496 g/mol. The van der Waals surface area contributed by atoms with Gasteiger partial charge in [0.25, 0.3) is 0 Å². The van der Waals surface area contributed by atoms with Gasteiger partial charge in [0.1, 0.15) is 0 Å². The Morgan fingerprint density at radius 2 is 1.81 bits per heavy atom. The molecule has 0 atom stereocenters. The first kappa shape index (κ1) is 25.4. The van der Waals surface area contributed by atoms with Crippen molar-refractivity contribution in [1.82, 2.24) is 15.0 Å². The van der Waals surface area contributed by atoms with Crippen LogP contribution in [0.4, 0.5) is 17.3 Å². The molecule has 0 radical (unpaired) electrons. The fourth-order valence-corrected chi connectivity index (χ4v) is 3.58. The van der Waals surface area contributed by atoms with Crippen LogP contribution in [0.1, 0.15) is 25.0 Å². The highest BCUT2D eigenvalue weighted by atomic mass is 16.5. The standard InChI is InChI=1S/C29H29N5O3/c1-4-36-26-12-9-21(17-27(26)37-5-2)10-13-28(35)32-23-11-8-20(3)25(18-23)34-29-31-16-14-24(33-29)22-7-6-15-30-19-22/h6-19H,4-5H2,1-3H3,(H,32,35)(H,31,33,34)/b13-10+. The SMILES string of the molecule is CCOc1ccc(/C=C/C(=O)Nc2ccc(C)c(Nc3nccc(-c4cccnc4)n3)c2)cc1OCC. The molecule has 4 aromatic rings. The highest BCUT2D eigenvalue weighted by molar-refractivity contribution is 6.02. The molecule has 0 aliphatic carbocycles. The zero-order chi connectivity index (χ0) is 26.0. The highest BCUT2D eigenvalue weighted by Crippen LogP contribution is 2.29. The van der Waals surface area contributed by atoms with Gasteiger partial charge in [-0.3, -0.25) is 9.78 Å². The molecule has 2 heterocycles. The van der Waals surface area contributed by atoms with Crippen LogP contribution < -0.4 is 20.1 Å². The third-order valence-corrected chi connectivity index (χ3v) is 5.36. The average Bonchev–Trinajstić information content (AvgIpc) is 2.91. The Bertz CT molecular complexity index is 1390. The van der Waals surface area contributed by atoms with Crippen molar-refractivity contribution in [1.29, 1.82) is 0 Å². The van der Waals surface area contributed by atoms with Crippen LogP contribution in [-0.4, -0.2) is 34.1 Å². The van der Waals surface area contributed by atoms with Crippen LogP contribution in [0.2, 0.25) is 0 Å². The van der Waals surface area contributed by atoms with E-state index in [0.29, 0.717) is 36.3 Å². The molecule has 2 aromatic carbocycles. The number of carbonyl (C=O) groups is 1. The van der Waals surface area contributed by atoms with E-state index in [0.717, 1.165) is 28.1 Å². The number of ether oxygens (including phenoxy) is 2. The normalized spacial score (nSPS) is 10.8. The molecule has 0 unspecified atom stereocenters. The summed E-state index contributed by atoms with van der Waals surface area (Å²) in [6.45, 7) is 6.89. The smallest absolute Gasteiger partial charge is 0.248 e. The summed E-state index contributed by atoms with van der Waals surface area (Å²) >= 11 is 0. The molecule has 0 saturated heterocycles. The summed E-state index contributed by atoms with van der Waals surface area (Å²) in [4.78, 5) is 25.7. The van der Waals surface area contributed by atoms with E-state index in [4.69, 9.17) is 9.47 Å². The van der Waals surface area contributed by atoms with Crippen LogP contribution in [0, 0.1) is 6.92 Å². The second-order valence-electron chi connectivity index (χ2n) is 8.06. The Kier molecular flexibility index (Phi) is 8.44. The van der Waals surface area contributed by atoms with Crippen LogP contribution in [0.25, 0.3) is 17.3 Å². The number of carbonyl (C=O) groups excluding carboxylic acids is 1. The first-order chi connectivity index (χ1) is 18.1. The van der Waals surface area contributed by atoms with Crippen molar-refractivity contribution in [2.75, 3.05) is 23.8 Å². The summed E-state index contributed by atoms with van der Waals surface area (Å²) in [5.74, 6) is 1.53. The number of nitrogens with zero attached hydrogens (tertiary/aromatic N) is 3. The summed E-state index contributed by atoms with van der Waals surface area (Å²) in [5.41, 5.74) is 4.92. The molecule has 188 valence electrons. The van der Waals surface area contributed by atoms with Gasteiger partial charge in [-0.2, -0.15) is 0 Å². The Labute approximate surface area is 216 Å². The van der Waals surface area contributed by atoms with Gasteiger partial charge >= 0.3 is 0 Å². The molecule has 0 bridgehead atoms. The predicted molar refractivity (Wildman–Crippen MR) is 146 cm³/mol. The topological polar surface area (TPSA) is 98.3 Å². The number of nitrogens with one attached hydrogen (secondary N) is 2. The van der Waals surface area contributed by atoms with Crippen LogP contribution in [0.15, 0.2) is 79.3 Å². The molecule has 0 saturated carbocycles. The summed E-state index contributed by atoms with van der Waals surface area (Å²) in [6, 6.07) is 16.8. The van der Waals surface area contributed by atoms with Gasteiger partial charge in [-0.25, -0.2) is 9.97 Å². The van der Waals surface area contributed by atoms with Crippen molar-refractivity contribution in [2.24, 2.45) is 0 Å². The third-order valence-electron chi connectivity index (χ3n) is 5.36. The molecule has 0 spiro atoms. The number of rotatable bonds is 10. The lowest BCUT2D eigenvalue weighted by molar-refractivity contribution is -0.111. The van der Waals surface area contributed by atoms with E-state index in [1.54, 1.807) is 24.7 Å². The second-order valence-corrected chi connectivity index (χ2v) is 8.06. The summed E-state index contributed by atoms with van der Waals surface area (Å²) < 4.78 is 11.3. The first-order valence-corrected chi connectivity index (χ1v) is 12.1. The Morgan fingerprint density at radius 3 is 2.59 bits per heavy atom. The van der Waals surface area contributed by atoms with Gasteiger partial charge < -0.3 is 20.1 Å². The number of aryl methyl sites for hydroxylation is 1. The number of anilines is 3. The van der Waals surface area contributed by atoms with Crippen molar-refractivity contribution < 1.29 is 14.3 Å².